The van der Waals surface area contributed by atoms with E-state index in [1.165, 1.54) is 38.9 Å². The summed E-state index contributed by atoms with van der Waals surface area (Å²) in [6.07, 6.45) is 2.05. The molecule has 6 aromatic carbocycles. The van der Waals surface area contributed by atoms with E-state index in [1.807, 2.05) is 76.2 Å². The zero-order valence-corrected chi connectivity index (χ0v) is 48.7. The van der Waals surface area contributed by atoms with Gasteiger partial charge in [0.15, 0.2) is 11.6 Å². The number of halogens is 1. The van der Waals surface area contributed by atoms with Gasteiger partial charge in [-0.2, -0.15) is 0 Å². The molecule has 0 unspecified atom stereocenters. The Morgan fingerprint density at radius 1 is 0.563 bits per heavy atom. The van der Waals surface area contributed by atoms with E-state index in [0.717, 1.165) is 57.7 Å². The maximum absolute atomic E-state index is 11.6. The first-order valence-corrected chi connectivity index (χ1v) is 27.3. The molecule has 6 rings (SSSR count). The number of benzene rings is 6. The minimum Gasteiger partial charge on any atom is -0.508 e. The molecule has 0 aromatic heterocycles. The van der Waals surface area contributed by atoms with Crippen molar-refractivity contribution in [2.45, 2.75) is 179 Å². The van der Waals surface area contributed by atoms with Gasteiger partial charge in [0.2, 0.25) is 0 Å². The van der Waals surface area contributed by atoms with Crippen molar-refractivity contribution in [2.24, 2.45) is 0 Å². The van der Waals surface area contributed by atoms with Gasteiger partial charge in [-0.15, -0.1) is 0 Å². The minimum absolute atomic E-state index is 0.0962. The first-order chi connectivity index (χ1) is 33.0. The van der Waals surface area contributed by atoms with Gasteiger partial charge < -0.3 is 9.84 Å². The Kier molecular flexibility index (Phi) is 22.6. The largest absolute Gasteiger partial charge is 0.508 e. The first-order valence-electron chi connectivity index (χ1n) is 25.5. The van der Waals surface area contributed by atoms with Gasteiger partial charge in [0, 0.05) is 16.1 Å². The molecular formula is C65H86ClO4P. The number of ketones is 2. The van der Waals surface area contributed by atoms with Crippen molar-refractivity contribution in [1.29, 1.82) is 0 Å². The van der Waals surface area contributed by atoms with Gasteiger partial charge in [-0.1, -0.05) is 177 Å². The highest BCUT2D eigenvalue weighted by Gasteiger charge is 2.37. The van der Waals surface area contributed by atoms with E-state index in [9.17, 15) is 9.59 Å². The number of ether oxygens (including phenoxy) is 1. The summed E-state index contributed by atoms with van der Waals surface area (Å²) in [6, 6.07) is 37.1. The van der Waals surface area contributed by atoms with Crippen molar-refractivity contribution in [1.82, 2.24) is 0 Å². The molecule has 6 heteroatoms. The second kappa shape index (κ2) is 26.6. The van der Waals surface area contributed by atoms with Gasteiger partial charge in [0.25, 0.3) is 0 Å². The van der Waals surface area contributed by atoms with E-state index in [-0.39, 0.29) is 29.8 Å². The van der Waals surface area contributed by atoms with Crippen LogP contribution in [-0.4, -0.2) is 27.0 Å². The smallest absolute Gasteiger partial charge is 0.160 e. The lowest BCUT2D eigenvalue weighted by Crippen LogP contribution is -2.32. The summed E-state index contributed by atoms with van der Waals surface area (Å²) >= 11 is 5.82. The third-order valence-corrected chi connectivity index (χ3v) is 16.3. The van der Waals surface area contributed by atoms with Crippen molar-refractivity contribution in [3.05, 3.63) is 175 Å². The van der Waals surface area contributed by atoms with Crippen LogP contribution in [0.25, 0.3) is 11.1 Å². The third-order valence-electron chi connectivity index (χ3n) is 12.5. The molecule has 0 heterocycles. The summed E-state index contributed by atoms with van der Waals surface area (Å²) in [7, 11) is -0.366. The summed E-state index contributed by atoms with van der Waals surface area (Å²) in [5.41, 5.74) is 15.4. The van der Waals surface area contributed by atoms with Gasteiger partial charge in [0.05, 0.1) is 0 Å². The Balaban J connectivity index is 0.000000277. The molecule has 0 radical (unpaired) electrons. The molecule has 0 aliphatic heterocycles. The number of aryl methyl sites for hydroxylation is 6. The summed E-state index contributed by atoms with van der Waals surface area (Å²) in [4.78, 5) is 22.7. The molecule has 0 atom stereocenters. The molecule has 0 bridgehead atoms. The molecule has 6 aromatic rings. The number of carbonyl (C=O) groups excluding carboxylic acids is 2. The lowest BCUT2D eigenvalue weighted by atomic mass is 9.82. The average Bonchev–Trinajstić information content (AvgIpc) is 3.25. The molecule has 71 heavy (non-hydrogen) atoms. The van der Waals surface area contributed by atoms with Gasteiger partial charge in [-0.3, -0.25) is 9.59 Å². The van der Waals surface area contributed by atoms with Crippen LogP contribution >= 0.6 is 19.5 Å². The molecule has 1 N–H and O–H groups in total. The zero-order valence-electron chi connectivity index (χ0n) is 47.0. The average molecular weight is 998 g/mol. The molecule has 0 saturated carbocycles. The number of phenolic OH excluding ortho intramolecular Hbond substituents is 1. The molecule has 382 valence electrons. The Labute approximate surface area is 436 Å². The quantitative estimate of drug-likeness (QED) is 0.104. The number of carbonyl (C=O) groups is 2. The van der Waals surface area contributed by atoms with Crippen LogP contribution in [0, 0.1) is 27.7 Å². The topological polar surface area (TPSA) is 63.6 Å². The predicted octanol–water partition coefficient (Wildman–Crippen LogP) is 19.4. The van der Waals surface area contributed by atoms with Gasteiger partial charge in [-0.25, -0.2) is 0 Å². The summed E-state index contributed by atoms with van der Waals surface area (Å²) in [6.45, 7) is 43.7. The van der Waals surface area contributed by atoms with Crippen LogP contribution < -0.4 is 10.0 Å². The maximum atomic E-state index is 11.6. The molecule has 0 fully saturated rings. The number of phenols is 1. The molecular weight excluding hydrogens is 911 g/mol. The fourth-order valence-corrected chi connectivity index (χ4v) is 14.0. The monoisotopic (exact) mass is 997 g/mol. The normalized spacial score (nSPS) is 11.4. The number of Topliss-reactive ketones (excluding diaryl/α,β-unsaturated/α-hetero) is 2. The van der Waals surface area contributed by atoms with Crippen molar-refractivity contribution < 1.29 is 19.4 Å². The number of hydrogen-bond donors (Lipinski definition) is 1. The lowest BCUT2D eigenvalue weighted by Gasteiger charge is -2.43. The SMILES string of the molecule is CC(=O)c1c(C)cc(Cl)cc1C.CC(C)c1cc(C(C)C)c(-c2ccccc2P(C(C)(C)C)C(C)(C)C)c(C(C)C)c1.CCc1ccc(O)cc1.CCc1ccc(Oc2cc(C)c(C(C)=O)c(C)c2)cc1. The molecule has 0 amide bonds. The van der Waals surface area contributed by atoms with Crippen molar-refractivity contribution in [3.63, 3.8) is 0 Å². The van der Waals surface area contributed by atoms with E-state index in [2.05, 4.69) is 145 Å². The highest BCUT2D eigenvalue weighted by molar-refractivity contribution is 7.68. The van der Waals surface area contributed by atoms with Gasteiger partial charge in [-0.05, 0) is 197 Å². The number of aromatic hydroxyl groups is 1. The summed E-state index contributed by atoms with van der Waals surface area (Å²) in [5, 5.41) is 11.6. The van der Waals surface area contributed by atoms with Crippen LogP contribution in [0.3, 0.4) is 0 Å². The maximum Gasteiger partial charge on any atom is 0.160 e. The van der Waals surface area contributed by atoms with Crippen LogP contribution in [0.15, 0.2) is 109 Å². The second-order valence-electron chi connectivity index (χ2n) is 21.8. The molecule has 4 nitrogen and oxygen atoms in total. The summed E-state index contributed by atoms with van der Waals surface area (Å²) < 4.78 is 5.86. The minimum atomic E-state index is -0.366. The Morgan fingerprint density at radius 3 is 1.32 bits per heavy atom. The van der Waals surface area contributed by atoms with Crippen LogP contribution in [0.5, 0.6) is 17.2 Å². The van der Waals surface area contributed by atoms with E-state index in [4.69, 9.17) is 21.4 Å². The van der Waals surface area contributed by atoms with E-state index in [1.54, 1.807) is 31.3 Å². The van der Waals surface area contributed by atoms with E-state index in [0.29, 0.717) is 28.5 Å². The van der Waals surface area contributed by atoms with Crippen LogP contribution in [0.4, 0.5) is 0 Å². The van der Waals surface area contributed by atoms with Crippen LogP contribution in [0.2, 0.25) is 5.02 Å². The fourth-order valence-electron chi connectivity index (χ4n) is 9.54. The van der Waals surface area contributed by atoms with Crippen molar-refractivity contribution in [3.8, 4) is 28.4 Å². The van der Waals surface area contributed by atoms with E-state index >= 15 is 0 Å². The van der Waals surface area contributed by atoms with Crippen molar-refractivity contribution in [2.75, 3.05) is 0 Å². The van der Waals surface area contributed by atoms with Crippen molar-refractivity contribution >= 4 is 36.4 Å². The zero-order chi connectivity index (χ0) is 53.7. The fraction of sp³-hybridized carbons (Fsp3) is 0.415. The third kappa shape index (κ3) is 17.3. The van der Waals surface area contributed by atoms with Crippen LogP contribution in [-0.2, 0) is 12.8 Å². The Hall–Kier alpha value is -5.02. The van der Waals surface area contributed by atoms with Gasteiger partial charge >= 0.3 is 0 Å². The number of hydrogen-bond acceptors (Lipinski definition) is 4. The molecule has 0 spiro atoms. The Bertz CT molecular complexity index is 2600. The highest BCUT2D eigenvalue weighted by Crippen LogP contribution is 2.60. The van der Waals surface area contributed by atoms with Crippen LogP contribution in [0.1, 0.15) is 199 Å². The molecule has 0 saturated heterocycles. The number of rotatable bonds is 11. The van der Waals surface area contributed by atoms with E-state index < -0.39 is 0 Å². The Morgan fingerprint density at radius 2 is 0.958 bits per heavy atom. The van der Waals surface area contributed by atoms with Gasteiger partial charge in [0.1, 0.15) is 17.2 Å². The standard InChI is InChI=1S/C29H45P.C18H20O2.C10H11ClO.C8H10O/c1-19(2)22-17-24(20(3)4)27(25(18-22)21(5)6)23-15-13-14-16-26(23)30(28(7,8)9)29(10,11)12;1-5-15-6-8-16(9-7-15)20-17-10-12(2)18(14(4)19)13(3)11-17;1-6-4-9(11)5-7(2)10(6)8(3)12;1-2-7-3-5-8(9)6-4-7/h13-21H,1-12H3;6-11H,5H2,1-4H3;4-5H,1-3H3;3-6,9H,2H2,1H3. The highest BCUT2D eigenvalue weighted by atomic mass is 35.5. The molecule has 0 aliphatic rings. The summed E-state index contributed by atoms with van der Waals surface area (Å²) in [5.74, 6) is 3.67. The molecule has 0 aliphatic carbocycles. The predicted molar refractivity (Wildman–Crippen MR) is 310 cm³/mol. The second-order valence-corrected chi connectivity index (χ2v) is 26.1. The lowest BCUT2D eigenvalue weighted by molar-refractivity contribution is 0.100. The first kappa shape index (κ1) is 60.3.